The molecule has 18 heavy (non-hydrogen) atoms. The summed E-state index contributed by atoms with van der Waals surface area (Å²) in [7, 11) is 1.70. The Kier molecular flexibility index (Phi) is 4.73. The third-order valence-corrected chi connectivity index (χ3v) is 2.82. The minimum Gasteiger partial charge on any atom is -0.496 e. The third kappa shape index (κ3) is 3.57. The molecule has 2 aromatic rings. The summed E-state index contributed by atoms with van der Waals surface area (Å²) in [6, 6.07) is 12.1. The van der Waals surface area contributed by atoms with E-state index in [1.165, 1.54) is 11.1 Å². The van der Waals surface area contributed by atoms with Crippen LogP contribution in [0.15, 0.2) is 48.8 Å². The first kappa shape index (κ1) is 12.6. The van der Waals surface area contributed by atoms with Gasteiger partial charge in [-0.25, -0.2) is 0 Å². The number of aromatic nitrogens is 1. The van der Waals surface area contributed by atoms with Crippen LogP contribution in [0.2, 0.25) is 0 Å². The molecule has 0 spiro atoms. The van der Waals surface area contributed by atoms with Gasteiger partial charge in [-0.3, -0.25) is 4.98 Å². The summed E-state index contributed by atoms with van der Waals surface area (Å²) < 4.78 is 5.31. The van der Waals surface area contributed by atoms with Gasteiger partial charge in [0.15, 0.2) is 0 Å². The van der Waals surface area contributed by atoms with E-state index in [0.717, 1.165) is 25.3 Å². The van der Waals surface area contributed by atoms with Crippen molar-refractivity contribution < 1.29 is 4.74 Å². The van der Waals surface area contributed by atoms with Crippen molar-refractivity contribution in [3.05, 3.63) is 59.9 Å². The highest BCUT2D eigenvalue weighted by atomic mass is 16.5. The molecule has 0 saturated carbocycles. The van der Waals surface area contributed by atoms with Crippen molar-refractivity contribution in [3.8, 4) is 5.75 Å². The molecule has 0 bridgehead atoms. The van der Waals surface area contributed by atoms with E-state index in [0.29, 0.717) is 0 Å². The topological polar surface area (TPSA) is 34.1 Å². The lowest BCUT2D eigenvalue weighted by Gasteiger charge is -2.09. The first-order valence-corrected chi connectivity index (χ1v) is 6.11. The van der Waals surface area contributed by atoms with E-state index in [4.69, 9.17) is 4.74 Å². The highest BCUT2D eigenvalue weighted by molar-refractivity contribution is 5.32. The smallest absolute Gasteiger partial charge is 0.123 e. The van der Waals surface area contributed by atoms with Crippen LogP contribution in [0.5, 0.6) is 5.75 Å². The average molecular weight is 242 g/mol. The summed E-state index contributed by atoms with van der Waals surface area (Å²) in [5.74, 6) is 0.936. The van der Waals surface area contributed by atoms with Crippen LogP contribution in [-0.2, 0) is 13.0 Å². The van der Waals surface area contributed by atoms with Crippen LogP contribution in [0.25, 0.3) is 0 Å². The van der Waals surface area contributed by atoms with Gasteiger partial charge in [0.05, 0.1) is 7.11 Å². The molecule has 3 heteroatoms. The van der Waals surface area contributed by atoms with Crippen molar-refractivity contribution in [1.82, 2.24) is 10.3 Å². The Morgan fingerprint density at radius 1 is 1.17 bits per heavy atom. The van der Waals surface area contributed by atoms with Crippen molar-refractivity contribution in [3.63, 3.8) is 0 Å². The first-order valence-electron chi connectivity index (χ1n) is 6.11. The Bertz CT molecular complexity index is 471. The van der Waals surface area contributed by atoms with Gasteiger partial charge in [0.25, 0.3) is 0 Å². The van der Waals surface area contributed by atoms with Gasteiger partial charge in [0.2, 0.25) is 0 Å². The number of nitrogens with one attached hydrogen (secondary N) is 1. The summed E-state index contributed by atoms with van der Waals surface area (Å²) in [4.78, 5) is 4.10. The predicted octanol–water partition coefficient (Wildman–Crippen LogP) is 2.42. The lowest BCUT2D eigenvalue weighted by molar-refractivity contribution is 0.408. The number of pyridine rings is 1. The average Bonchev–Trinajstić information content (AvgIpc) is 2.45. The van der Waals surface area contributed by atoms with Gasteiger partial charge in [-0.05, 0) is 30.7 Å². The monoisotopic (exact) mass is 242 g/mol. The van der Waals surface area contributed by atoms with Crippen molar-refractivity contribution >= 4 is 0 Å². The zero-order chi connectivity index (χ0) is 12.6. The second-order valence-corrected chi connectivity index (χ2v) is 4.10. The van der Waals surface area contributed by atoms with E-state index in [9.17, 15) is 0 Å². The van der Waals surface area contributed by atoms with E-state index >= 15 is 0 Å². The van der Waals surface area contributed by atoms with E-state index < -0.39 is 0 Å². The molecule has 94 valence electrons. The van der Waals surface area contributed by atoms with Crippen molar-refractivity contribution in [2.45, 2.75) is 13.0 Å². The van der Waals surface area contributed by atoms with Crippen molar-refractivity contribution in [2.24, 2.45) is 0 Å². The van der Waals surface area contributed by atoms with Gasteiger partial charge >= 0.3 is 0 Å². The maximum atomic E-state index is 5.31. The number of hydrogen-bond acceptors (Lipinski definition) is 3. The maximum Gasteiger partial charge on any atom is 0.123 e. The number of ether oxygens (including phenoxy) is 1. The third-order valence-electron chi connectivity index (χ3n) is 2.82. The summed E-state index contributed by atoms with van der Waals surface area (Å²) in [5.41, 5.74) is 2.44. The van der Waals surface area contributed by atoms with E-state index in [-0.39, 0.29) is 0 Å². The maximum absolute atomic E-state index is 5.31. The Morgan fingerprint density at radius 2 is 2.06 bits per heavy atom. The molecule has 3 nitrogen and oxygen atoms in total. The summed E-state index contributed by atoms with van der Waals surface area (Å²) in [6.07, 6.45) is 4.69. The molecule has 1 N–H and O–H groups in total. The number of nitrogens with zero attached hydrogens (tertiary/aromatic N) is 1. The number of para-hydroxylation sites is 1. The molecule has 0 saturated heterocycles. The molecule has 1 aromatic carbocycles. The molecule has 0 amide bonds. The zero-order valence-corrected chi connectivity index (χ0v) is 10.6. The molecule has 0 radical (unpaired) electrons. The van der Waals surface area contributed by atoms with Crippen LogP contribution in [0, 0.1) is 0 Å². The van der Waals surface area contributed by atoms with Crippen LogP contribution in [0.4, 0.5) is 0 Å². The Hall–Kier alpha value is -1.87. The summed E-state index contributed by atoms with van der Waals surface area (Å²) in [6.45, 7) is 1.76. The molecule has 0 atom stereocenters. The van der Waals surface area contributed by atoms with Crippen molar-refractivity contribution in [1.29, 1.82) is 0 Å². The Morgan fingerprint density at radius 3 is 2.83 bits per heavy atom. The molecule has 0 unspecified atom stereocenters. The van der Waals surface area contributed by atoms with Gasteiger partial charge in [0, 0.05) is 24.5 Å². The van der Waals surface area contributed by atoms with Gasteiger partial charge in [-0.1, -0.05) is 24.3 Å². The normalized spacial score (nSPS) is 10.3. The quantitative estimate of drug-likeness (QED) is 0.790. The SMILES string of the molecule is COc1ccccc1CNCCc1cccnc1. The zero-order valence-electron chi connectivity index (χ0n) is 10.6. The fourth-order valence-electron chi connectivity index (χ4n) is 1.85. The van der Waals surface area contributed by atoms with Gasteiger partial charge in [0.1, 0.15) is 5.75 Å². The first-order chi connectivity index (χ1) is 8.90. The van der Waals surface area contributed by atoms with E-state index in [1.54, 1.807) is 13.3 Å². The molecule has 2 rings (SSSR count). The van der Waals surface area contributed by atoms with Crippen LogP contribution >= 0.6 is 0 Å². The minimum atomic E-state index is 0.824. The van der Waals surface area contributed by atoms with Gasteiger partial charge in [-0.2, -0.15) is 0 Å². The molecular formula is C15H18N2O. The van der Waals surface area contributed by atoms with Crippen LogP contribution in [0.3, 0.4) is 0 Å². The minimum absolute atomic E-state index is 0.824. The molecule has 1 heterocycles. The molecular weight excluding hydrogens is 224 g/mol. The Labute approximate surface area is 108 Å². The highest BCUT2D eigenvalue weighted by Gasteiger charge is 2.00. The second-order valence-electron chi connectivity index (χ2n) is 4.10. The van der Waals surface area contributed by atoms with Gasteiger partial charge in [-0.15, -0.1) is 0 Å². The standard InChI is InChI=1S/C15H18N2O/c1-18-15-7-3-2-6-14(15)12-17-10-8-13-5-4-9-16-11-13/h2-7,9,11,17H,8,10,12H2,1H3. The van der Waals surface area contributed by atoms with Crippen molar-refractivity contribution in [2.75, 3.05) is 13.7 Å². The van der Waals surface area contributed by atoms with E-state index in [1.807, 2.05) is 30.5 Å². The number of rotatable bonds is 6. The van der Waals surface area contributed by atoms with E-state index in [2.05, 4.69) is 22.4 Å². The van der Waals surface area contributed by atoms with Crippen LogP contribution in [0.1, 0.15) is 11.1 Å². The molecule has 0 aliphatic carbocycles. The second kappa shape index (κ2) is 6.77. The molecule has 0 aliphatic heterocycles. The molecule has 0 aliphatic rings. The lowest BCUT2D eigenvalue weighted by atomic mass is 10.2. The number of benzene rings is 1. The van der Waals surface area contributed by atoms with Crippen LogP contribution in [-0.4, -0.2) is 18.6 Å². The fourth-order valence-corrected chi connectivity index (χ4v) is 1.85. The highest BCUT2D eigenvalue weighted by Crippen LogP contribution is 2.16. The fraction of sp³-hybridized carbons (Fsp3) is 0.267. The summed E-state index contributed by atoms with van der Waals surface area (Å²) in [5, 5.41) is 3.42. The number of hydrogen-bond donors (Lipinski definition) is 1. The van der Waals surface area contributed by atoms with Crippen LogP contribution < -0.4 is 10.1 Å². The molecule has 0 fully saturated rings. The summed E-state index contributed by atoms with van der Waals surface area (Å²) >= 11 is 0. The number of methoxy groups -OCH3 is 1. The largest absolute Gasteiger partial charge is 0.496 e. The van der Waals surface area contributed by atoms with Gasteiger partial charge < -0.3 is 10.1 Å². The Balaban J connectivity index is 1.78. The molecule has 1 aromatic heterocycles. The predicted molar refractivity (Wildman–Crippen MR) is 72.6 cm³/mol. The lowest BCUT2D eigenvalue weighted by Crippen LogP contribution is -2.17.